The van der Waals surface area contributed by atoms with Gasteiger partial charge in [0, 0.05) is 88.3 Å². The Morgan fingerprint density at radius 3 is 1.39 bits per heavy atom. The van der Waals surface area contributed by atoms with E-state index >= 15 is 0 Å². The number of hydrogen-bond donors (Lipinski definition) is 2. The minimum atomic E-state index is -1.41. The Morgan fingerprint density at radius 1 is 0.459 bits per heavy atom. The maximum Gasteiger partial charge on any atom is 0.489 e. The molecule has 0 aliphatic rings. The van der Waals surface area contributed by atoms with Crippen LogP contribution in [0.1, 0.15) is 0 Å². The summed E-state index contributed by atoms with van der Waals surface area (Å²) in [7, 11) is 14.4. The van der Waals surface area contributed by atoms with Crippen molar-refractivity contribution < 1.29 is 10.0 Å². The lowest BCUT2D eigenvalue weighted by molar-refractivity contribution is 0.426. The Hall–Kier alpha value is -5.04. The minimum Gasteiger partial charge on any atom is -0.423 e. The molecule has 4 aromatic heterocycles. The van der Waals surface area contributed by atoms with Gasteiger partial charge in [-0.25, -0.2) is 4.98 Å². The molecule has 0 saturated heterocycles. The number of rotatable bonds is 5. The van der Waals surface area contributed by atoms with E-state index in [4.69, 9.17) is 63.0 Å². The van der Waals surface area contributed by atoms with E-state index in [2.05, 4.69) is 61.3 Å². The summed E-state index contributed by atoms with van der Waals surface area (Å²) in [4.78, 5) is 25.0. The second-order valence-corrected chi connectivity index (χ2v) is 16.0. The lowest BCUT2D eigenvalue weighted by Gasteiger charge is -2.05. The van der Waals surface area contributed by atoms with Gasteiger partial charge in [0.15, 0.2) is 17.5 Å². The molecule has 0 fully saturated rings. The second-order valence-electron chi connectivity index (χ2n) is 12.9. The largest absolute Gasteiger partial charge is 0.489 e. The van der Waals surface area contributed by atoms with Crippen LogP contribution in [0.2, 0.25) is 15.9 Å². The quantitative estimate of drug-likeness (QED) is 0.165. The van der Waals surface area contributed by atoms with Crippen LogP contribution in [0.25, 0.3) is 74.5 Å². The van der Waals surface area contributed by atoms with Crippen molar-refractivity contribution in [1.29, 1.82) is 0 Å². The van der Waals surface area contributed by atoms with Gasteiger partial charge in [-0.3, -0.25) is 0 Å². The van der Waals surface area contributed by atoms with Crippen molar-refractivity contribution in [3.8, 4) is 34.2 Å². The number of halogens is 3. The number of thiophene rings is 2. The van der Waals surface area contributed by atoms with Crippen molar-refractivity contribution in [3.05, 3.63) is 161 Å². The molecule has 0 unspecified atom stereocenters. The Labute approximate surface area is 380 Å². The summed E-state index contributed by atoms with van der Waals surface area (Å²) in [6.07, 6.45) is -0.463. The van der Waals surface area contributed by atoms with Crippen LogP contribution in [-0.2, 0) is 0 Å². The molecule has 19 heteroatoms. The van der Waals surface area contributed by atoms with Crippen molar-refractivity contribution in [1.82, 2.24) is 29.9 Å². The molecule has 0 bridgehead atoms. The summed E-state index contributed by atoms with van der Waals surface area (Å²) in [5.74, 6) is 1.66. The third-order valence-electron chi connectivity index (χ3n) is 8.83. The molecule has 6 aromatic carbocycles. The zero-order valence-corrected chi connectivity index (χ0v) is 35.7. The monoisotopic (exact) mass is 881 g/mol. The molecule has 8 nitrogen and oxygen atoms in total. The van der Waals surface area contributed by atoms with Gasteiger partial charge in [-0.15, -0.1) is 22.7 Å². The fraction of sp³-hybridized carbons (Fsp3) is 0. The first kappa shape index (κ1) is 44.0. The molecule has 0 saturated carbocycles. The van der Waals surface area contributed by atoms with Gasteiger partial charge in [-0.2, -0.15) is 24.9 Å². The van der Waals surface area contributed by atoms with Gasteiger partial charge in [-0.05, 0) is 63.9 Å². The molecule has 10 aromatic rings. The number of benzene rings is 6. The molecular weight excluding hydrogens is 856 g/mol. The van der Waals surface area contributed by atoms with Crippen molar-refractivity contribution in [2.45, 2.75) is 0 Å². The first-order valence-electron chi connectivity index (χ1n) is 18.4. The average molecular weight is 882 g/mol. The predicted octanol–water partition coefficient (Wildman–Crippen LogP) is 8.90. The molecule has 10 rings (SSSR count). The van der Waals surface area contributed by atoms with Gasteiger partial charge in [0.1, 0.15) is 0 Å². The van der Waals surface area contributed by atoms with Gasteiger partial charge in [0.05, 0.1) is 0 Å². The third-order valence-corrected chi connectivity index (χ3v) is 11.8. The number of fused-ring (bicyclic) bond motifs is 6. The topological polar surface area (TPSA) is 118 Å². The van der Waals surface area contributed by atoms with E-state index in [1.165, 1.54) is 32.6 Å². The van der Waals surface area contributed by atoms with E-state index in [-0.39, 0.29) is 15.9 Å². The molecule has 2 N–H and O–H groups in total. The van der Waals surface area contributed by atoms with E-state index in [0.717, 1.165) is 31.5 Å². The fourth-order valence-corrected chi connectivity index (χ4v) is 9.09. The smallest absolute Gasteiger partial charge is 0.423 e. The normalized spacial score (nSPS) is 10.6. The van der Waals surface area contributed by atoms with Crippen molar-refractivity contribution in [3.63, 3.8) is 0 Å². The highest BCUT2D eigenvalue weighted by molar-refractivity contribution is 7.60. The van der Waals surface area contributed by atoms with Crippen LogP contribution in [-0.4, -0.2) is 83.7 Å². The molecule has 4 heterocycles. The lowest BCUT2D eigenvalue weighted by atomic mass is 8.97. The molecule has 0 aliphatic carbocycles. The van der Waals surface area contributed by atoms with Gasteiger partial charge in [0.2, 0.25) is 15.9 Å². The van der Waals surface area contributed by atoms with E-state index in [1.54, 1.807) is 28.7 Å². The Balaban J connectivity index is 0.000000138. The zero-order valence-electron chi connectivity index (χ0n) is 31.8. The maximum atomic E-state index is 9.31. The van der Waals surface area contributed by atoms with Crippen LogP contribution in [0, 0.1) is 0 Å². The minimum absolute atomic E-state index is 0.101. The van der Waals surface area contributed by atoms with Crippen molar-refractivity contribution >= 4 is 147 Å². The second kappa shape index (κ2) is 20.7. The van der Waals surface area contributed by atoms with E-state index in [9.17, 15) is 10.0 Å². The van der Waals surface area contributed by atoms with Gasteiger partial charge in [-0.1, -0.05) is 127 Å². The summed E-state index contributed by atoms with van der Waals surface area (Å²) in [6.45, 7) is 0. The molecule has 0 amide bonds. The number of aromatic nitrogens is 6. The van der Waals surface area contributed by atoms with Crippen molar-refractivity contribution in [2.24, 2.45) is 0 Å². The number of hydrogen-bond acceptors (Lipinski definition) is 10. The average Bonchev–Trinajstić information content (AvgIpc) is 3.86. The first-order valence-corrected chi connectivity index (χ1v) is 21.2. The maximum absolute atomic E-state index is 9.31. The van der Waals surface area contributed by atoms with Crippen LogP contribution in [0.3, 0.4) is 0 Å². The van der Waals surface area contributed by atoms with Crippen LogP contribution < -0.4 is 5.46 Å². The Morgan fingerprint density at radius 2 is 0.869 bits per heavy atom. The Bertz CT molecular complexity index is 3040. The molecule has 0 atom stereocenters. The van der Waals surface area contributed by atoms with Crippen LogP contribution in [0.15, 0.2) is 146 Å². The van der Waals surface area contributed by atoms with Gasteiger partial charge < -0.3 is 10.0 Å². The summed E-state index contributed by atoms with van der Waals surface area (Å²) in [5.41, 5.74) is 3.34. The summed E-state index contributed by atoms with van der Waals surface area (Å²) >= 11 is 20.9. The lowest BCUT2D eigenvalue weighted by Crippen LogP contribution is -2.29. The summed E-state index contributed by atoms with van der Waals surface area (Å²) in [5, 5.41) is 23.7. The fourth-order valence-electron chi connectivity index (χ4n) is 6.12. The summed E-state index contributed by atoms with van der Waals surface area (Å²) in [6, 6.07) is 47.6. The predicted molar refractivity (Wildman–Crippen MR) is 262 cm³/mol. The van der Waals surface area contributed by atoms with Crippen molar-refractivity contribution in [2.75, 3.05) is 0 Å². The van der Waals surface area contributed by atoms with E-state index < -0.39 is 13.5 Å². The highest BCUT2D eigenvalue weighted by Crippen LogP contribution is 2.39. The summed E-state index contributed by atoms with van der Waals surface area (Å²) < 4.78 is 4.54. The van der Waals surface area contributed by atoms with Gasteiger partial charge in [0.25, 0.3) is 0 Å². The third kappa shape index (κ3) is 10.9. The molecule has 287 valence electrons. The van der Waals surface area contributed by atoms with E-state index in [1.807, 2.05) is 103 Å². The molecule has 0 spiro atoms. The SMILES string of the molecule is Clc1nc(-c2ccccc2)nc(-c2cccc3c2sc2ccccc23)n1.Clc1nc(Cl)nc(-c2ccccc2)n1.OB(O)c1cccc2c1sc1ccccc12.[B][B]B([B])[B]. The standard InChI is InChI=1S/C21H12ClN3S.C12H9BO2S.C9H5Cl2N3.B5/c22-21-24-19(13-7-2-1-3-8-13)23-20(25-21)16-11-6-10-15-14-9-4-5-12-17(14)26-18(15)16;14-13(15)10-6-3-5-9-8-4-1-2-7-11(8)16-12(9)10;10-8-12-7(13-9(11)14-8)6-4-2-1-3-5-6;1-4-5(2)3/h1-12H;1-7,14-15H;1-5H;. The molecular formula is C42H26B6Cl3N6O2S2. The molecule has 7 radical (unpaired) electrons. The molecule has 61 heavy (non-hydrogen) atoms. The van der Waals surface area contributed by atoms with Crippen LogP contribution in [0.4, 0.5) is 0 Å². The van der Waals surface area contributed by atoms with Crippen LogP contribution in [0.5, 0.6) is 0 Å². The van der Waals surface area contributed by atoms with Crippen LogP contribution >= 0.6 is 57.5 Å². The first-order chi connectivity index (χ1) is 29.6. The molecule has 0 aliphatic heterocycles. The Kier molecular flexibility index (Phi) is 14.9. The van der Waals surface area contributed by atoms with E-state index in [0.29, 0.717) is 22.9 Å². The number of nitrogens with zero attached hydrogens (tertiary/aromatic N) is 6. The zero-order chi connectivity index (χ0) is 42.9. The highest BCUT2D eigenvalue weighted by atomic mass is 35.5. The highest BCUT2D eigenvalue weighted by Gasteiger charge is 2.17. The van der Waals surface area contributed by atoms with Gasteiger partial charge >= 0.3 is 7.12 Å².